The Balaban J connectivity index is 1.27. The zero-order valence-corrected chi connectivity index (χ0v) is 14.0. The normalized spacial score (nSPS) is 22.1. The Labute approximate surface area is 146 Å². The van der Waals surface area contributed by atoms with Crippen molar-refractivity contribution in [1.29, 1.82) is 0 Å². The molecule has 5 heteroatoms. The van der Waals surface area contributed by atoms with E-state index in [1.54, 1.807) is 24.4 Å². The number of carbonyl (C=O) groups is 1. The van der Waals surface area contributed by atoms with Gasteiger partial charge in [0.1, 0.15) is 5.82 Å². The van der Waals surface area contributed by atoms with Crippen LogP contribution in [0.5, 0.6) is 5.88 Å². The van der Waals surface area contributed by atoms with Crippen LogP contribution in [0.1, 0.15) is 47.5 Å². The number of rotatable bonds is 6. The Morgan fingerprint density at radius 3 is 2.68 bits per heavy atom. The molecule has 2 aromatic rings. The third kappa shape index (κ3) is 3.81. The molecule has 1 amide bonds. The van der Waals surface area contributed by atoms with Gasteiger partial charge in [0.25, 0.3) is 5.91 Å². The van der Waals surface area contributed by atoms with Crippen molar-refractivity contribution in [2.75, 3.05) is 6.61 Å². The summed E-state index contributed by atoms with van der Waals surface area (Å²) >= 11 is 0. The van der Waals surface area contributed by atoms with Crippen molar-refractivity contribution in [3.05, 3.63) is 59.5 Å². The van der Waals surface area contributed by atoms with Crippen LogP contribution in [-0.2, 0) is 0 Å². The summed E-state index contributed by atoms with van der Waals surface area (Å²) < 4.78 is 19.3. The summed E-state index contributed by atoms with van der Waals surface area (Å²) in [7, 11) is 0. The molecule has 0 spiro atoms. The molecule has 1 aromatic heterocycles. The van der Waals surface area contributed by atoms with Crippen LogP contribution in [0.3, 0.4) is 0 Å². The third-order valence-corrected chi connectivity index (χ3v) is 4.98. The van der Waals surface area contributed by atoms with E-state index in [0.29, 0.717) is 24.0 Å². The van der Waals surface area contributed by atoms with Gasteiger partial charge in [-0.3, -0.25) is 4.79 Å². The molecule has 130 valence electrons. The van der Waals surface area contributed by atoms with Gasteiger partial charge in [0.15, 0.2) is 0 Å². The van der Waals surface area contributed by atoms with Gasteiger partial charge in [-0.1, -0.05) is 18.2 Å². The molecule has 0 radical (unpaired) electrons. The number of carbonyl (C=O) groups excluding carboxylic acids is 1. The molecule has 1 aromatic carbocycles. The van der Waals surface area contributed by atoms with Crippen molar-refractivity contribution in [1.82, 2.24) is 10.3 Å². The number of amides is 1. The molecular weight excluding hydrogens is 319 g/mol. The highest BCUT2D eigenvalue weighted by Crippen LogP contribution is 2.38. The smallest absolute Gasteiger partial charge is 0.253 e. The van der Waals surface area contributed by atoms with Crippen molar-refractivity contribution in [3.63, 3.8) is 0 Å². The minimum Gasteiger partial charge on any atom is -0.477 e. The molecule has 1 N–H and O–H groups in total. The maximum Gasteiger partial charge on any atom is 0.253 e. The Kier molecular flexibility index (Phi) is 4.38. The van der Waals surface area contributed by atoms with Gasteiger partial charge in [-0.25, -0.2) is 9.37 Å². The predicted molar refractivity (Wildman–Crippen MR) is 92.1 cm³/mol. The second-order valence-corrected chi connectivity index (χ2v) is 7.00. The van der Waals surface area contributed by atoms with E-state index in [9.17, 15) is 9.18 Å². The Morgan fingerprint density at radius 2 is 2.00 bits per heavy atom. The largest absolute Gasteiger partial charge is 0.477 e. The summed E-state index contributed by atoms with van der Waals surface area (Å²) in [6, 6.07) is 10.4. The first kappa shape index (κ1) is 16.1. The molecule has 0 aliphatic heterocycles. The highest BCUT2D eigenvalue weighted by Gasteiger charge is 2.33. The van der Waals surface area contributed by atoms with E-state index >= 15 is 0 Å². The molecule has 1 heterocycles. The number of hydrogen-bond donors (Lipinski definition) is 1. The summed E-state index contributed by atoms with van der Waals surface area (Å²) in [6.07, 6.45) is 5.54. The van der Waals surface area contributed by atoms with E-state index in [2.05, 4.69) is 10.3 Å². The van der Waals surface area contributed by atoms with Crippen molar-refractivity contribution >= 4 is 5.91 Å². The Hall–Kier alpha value is -2.43. The maximum atomic E-state index is 13.8. The first-order valence-electron chi connectivity index (χ1n) is 8.83. The fraction of sp³-hybridized carbons (Fsp3) is 0.400. The number of nitrogens with one attached hydrogen (secondary N) is 1. The topological polar surface area (TPSA) is 51.2 Å². The number of ether oxygens (including phenoxy) is 1. The minimum absolute atomic E-state index is 0.0860. The summed E-state index contributed by atoms with van der Waals surface area (Å²) in [5.74, 6) is 1.11. The molecule has 25 heavy (non-hydrogen) atoms. The predicted octanol–water partition coefficient (Wildman–Crippen LogP) is 3.69. The van der Waals surface area contributed by atoms with Crippen LogP contribution in [-0.4, -0.2) is 23.5 Å². The molecule has 0 saturated heterocycles. The van der Waals surface area contributed by atoms with Gasteiger partial charge in [-0.2, -0.15) is 0 Å². The average molecular weight is 340 g/mol. The van der Waals surface area contributed by atoms with E-state index in [1.807, 2.05) is 12.1 Å². The molecule has 0 unspecified atom stereocenters. The number of pyridine rings is 1. The van der Waals surface area contributed by atoms with Gasteiger partial charge >= 0.3 is 0 Å². The van der Waals surface area contributed by atoms with Gasteiger partial charge in [0, 0.05) is 18.3 Å². The molecule has 0 bridgehead atoms. The molecular formula is C20H21FN2O2. The highest BCUT2D eigenvalue weighted by molar-refractivity contribution is 5.94. The van der Waals surface area contributed by atoms with Crippen LogP contribution in [0.25, 0.3) is 0 Å². The zero-order chi connectivity index (χ0) is 17.2. The summed E-state index contributed by atoms with van der Waals surface area (Å²) in [4.78, 5) is 16.5. The summed E-state index contributed by atoms with van der Waals surface area (Å²) in [5, 5.41) is 2.99. The number of halogens is 1. The highest BCUT2D eigenvalue weighted by atomic mass is 19.1. The first-order valence-corrected chi connectivity index (χ1v) is 8.83. The third-order valence-electron chi connectivity index (χ3n) is 4.98. The number of nitrogens with zero attached hydrogens (tertiary/aromatic N) is 1. The minimum atomic E-state index is -0.164. The first-order chi connectivity index (χ1) is 12.2. The SMILES string of the molecule is O=C(NC1CC(c2ccccc2F)C1)c1ccc(OCC2CC2)nc1. The van der Waals surface area contributed by atoms with Crippen LogP contribution in [0, 0.1) is 11.7 Å². The van der Waals surface area contributed by atoms with Crippen LogP contribution in [0.2, 0.25) is 0 Å². The van der Waals surface area contributed by atoms with Gasteiger partial charge in [0.05, 0.1) is 12.2 Å². The number of hydrogen-bond acceptors (Lipinski definition) is 3. The monoisotopic (exact) mass is 340 g/mol. The lowest BCUT2D eigenvalue weighted by Gasteiger charge is -2.36. The standard InChI is InChI=1S/C20H21FN2O2/c21-18-4-2-1-3-17(18)15-9-16(10-15)23-20(24)14-7-8-19(22-11-14)25-12-13-5-6-13/h1-4,7-8,11,13,15-16H,5-6,9-10,12H2,(H,23,24). The van der Waals surface area contributed by atoms with Crippen molar-refractivity contribution < 1.29 is 13.9 Å². The Morgan fingerprint density at radius 1 is 1.20 bits per heavy atom. The van der Waals surface area contributed by atoms with Gasteiger partial charge in [0.2, 0.25) is 5.88 Å². The van der Waals surface area contributed by atoms with Crippen molar-refractivity contribution in [3.8, 4) is 5.88 Å². The van der Waals surface area contributed by atoms with E-state index < -0.39 is 0 Å². The lowest BCUT2D eigenvalue weighted by Crippen LogP contribution is -2.43. The van der Waals surface area contributed by atoms with E-state index in [4.69, 9.17) is 4.74 Å². The fourth-order valence-corrected chi connectivity index (χ4v) is 3.15. The van der Waals surface area contributed by atoms with Gasteiger partial charge in [-0.15, -0.1) is 0 Å². The summed E-state index contributed by atoms with van der Waals surface area (Å²) in [5.41, 5.74) is 1.26. The molecule has 0 atom stereocenters. The fourth-order valence-electron chi connectivity index (χ4n) is 3.15. The maximum absolute atomic E-state index is 13.8. The molecule has 4 nitrogen and oxygen atoms in total. The number of aromatic nitrogens is 1. The van der Waals surface area contributed by atoms with Crippen LogP contribution in [0.4, 0.5) is 4.39 Å². The summed E-state index contributed by atoms with van der Waals surface area (Å²) in [6.45, 7) is 0.706. The Bertz CT molecular complexity index is 753. The van der Waals surface area contributed by atoms with Crippen LogP contribution >= 0.6 is 0 Å². The molecule has 2 saturated carbocycles. The number of benzene rings is 1. The lowest BCUT2D eigenvalue weighted by atomic mass is 9.75. The van der Waals surface area contributed by atoms with Crippen molar-refractivity contribution in [2.45, 2.75) is 37.6 Å². The van der Waals surface area contributed by atoms with Crippen LogP contribution < -0.4 is 10.1 Å². The van der Waals surface area contributed by atoms with Gasteiger partial charge in [-0.05, 0) is 55.2 Å². The molecule has 2 aliphatic rings. The van der Waals surface area contributed by atoms with Gasteiger partial charge < -0.3 is 10.1 Å². The van der Waals surface area contributed by atoms with Crippen molar-refractivity contribution in [2.24, 2.45) is 5.92 Å². The van der Waals surface area contributed by atoms with E-state index in [1.165, 1.54) is 18.9 Å². The van der Waals surface area contributed by atoms with E-state index in [-0.39, 0.29) is 23.7 Å². The zero-order valence-electron chi connectivity index (χ0n) is 14.0. The van der Waals surface area contributed by atoms with Crippen LogP contribution in [0.15, 0.2) is 42.6 Å². The lowest BCUT2D eigenvalue weighted by molar-refractivity contribution is 0.0908. The second-order valence-electron chi connectivity index (χ2n) is 7.00. The average Bonchev–Trinajstić information content (AvgIpc) is 3.41. The second kappa shape index (κ2) is 6.82. The van der Waals surface area contributed by atoms with E-state index in [0.717, 1.165) is 18.4 Å². The molecule has 4 rings (SSSR count). The molecule has 2 fully saturated rings. The molecule has 2 aliphatic carbocycles. The quantitative estimate of drug-likeness (QED) is 0.873.